The fourth-order valence-corrected chi connectivity index (χ4v) is 3.30. The Labute approximate surface area is 163 Å². The van der Waals surface area contributed by atoms with Crippen molar-refractivity contribution >= 4 is 17.9 Å². The number of carbonyl (C=O) groups is 2. The van der Waals surface area contributed by atoms with Crippen LogP contribution in [0.2, 0.25) is 0 Å². The molecule has 1 aliphatic heterocycles. The standard InChI is InChI=1S/C22H24N2O4/c1-13-8-9-15-12-16(21(25)24-19(15)14(13)2)10-11-23-22(26)17-6-5-7-18(27-3)20(17)28-4/h5-9,12,16H,10-11H2,1-4H3,(H,23,26). The third-order valence-electron chi connectivity index (χ3n) is 5.04. The number of hydrogen-bond acceptors (Lipinski definition) is 4. The van der Waals surface area contributed by atoms with Crippen LogP contribution in [-0.2, 0) is 4.79 Å². The van der Waals surface area contributed by atoms with Crippen LogP contribution < -0.4 is 25.4 Å². The molecule has 1 N–H and O–H groups in total. The number of amides is 2. The van der Waals surface area contributed by atoms with Crippen molar-refractivity contribution < 1.29 is 19.1 Å². The molecule has 1 aliphatic rings. The van der Waals surface area contributed by atoms with Gasteiger partial charge in [-0.1, -0.05) is 24.3 Å². The van der Waals surface area contributed by atoms with Gasteiger partial charge in [-0.25, -0.2) is 4.99 Å². The molecule has 1 heterocycles. The monoisotopic (exact) mass is 380 g/mol. The number of rotatable bonds is 6. The molecule has 2 aromatic carbocycles. The fourth-order valence-electron chi connectivity index (χ4n) is 3.30. The Balaban J connectivity index is 1.70. The Morgan fingerprint density at radius 3 is 2.64 bits per heavy atom. The molecule has 0 aliphatic carbocycles. The first-order valence-electron chi connectivity index (χ1n) is 9.16. The lowest BCUT2D eigenvalue weighted by molar-refractivity contribution is -0.120. The summed E-state index contributed by atoms with van der Waals surface area (Å²) in [5.74, 6) is 0.0870. The molecule has 28 heavy (non-hydrogen) atoms. The van der Waals surface area contributed by atoms with Gasteiger partial charge in [0, 0.05) is 6.54 Å². The second kappa shape index (κ2) is 8.25. The normalized spacial score (nSPS) is 15.1. The summed E-state index contributed by atoms with van der Waals surface area (Å²) in [6, 6.07) is 9.15. The van der Waals surface area contributed by atoms with Crippen molar-refractivity contribution in [2.45, 2.75) is 20.3 Å². The van der Waals surface area contributed by atoms with E-state index in [2.05, 4.69) is 10.3 Å². The van der Waals surface area contributed by atoms with Gasteiger partial charge in [0.25, 0.3) is 11.8 Å². The highest BCUT2D eigenvalue weighted by molar-refractivity contribution is 5.97. The quantitative estimate of drug-likeness (QED) is 0.828. The van der Waals surface area contributed by atoms with E-state index in [1.807, 2.05) is 32.1 Å². The van der Waals surface area contributed by atoms with Crippen molar-refractivity contribution in [1.29, 1.82) is 0 Å². The highest BCUT2D eigenvalue weighted by Gasteiger charge is 2.20. The zero-order chi connectivity index (χ0) is 20.3. The van der Waals surface area contributed by atoms with Gasteiger partial charge in [0.1, 0.15) is 0 Å². The Morgan fingerprint density at radius 1 is 1.14 bits per heavy atom. The van der Waals surface area contributed by atoms with Crippen molar-refractivity contribution in [2.75, 3.05) is 20.8 Å². The van der Waals surface area contributed by atoms with Gasteiger partial charge >= 0.3 is 0 Å². The summed E-state index contributed by atoms with van der Waals surface area (Å²) in [6.45, 7) is 4.33. The van der Waals surface area contributed by atoms with Gasteiger partial charge in [-0.3, -0.25) is 9.59 Å². The average Bonchev–Trinajstić information content (AvgIpc) is 2.71. The minimum Gasteiger partial charge on any atom is -0.493 e. The summed E-state index contributed by atoms with van der Waals surface area (Å²) in [5.41, 5.74) is 2.53. The molecule has 1 atom stereocenters. The number of hydrogen-bond donors (Lipinski definition) is 1. The van der Waals surface area contributed by atoms with E-state index < -0.39 is 0 Å². The predicted molar refractivity (Wildman–Crippen MR) is 106 cm³/mol. The van der Waals surface area contributed by atoms with E-state index in [0.29, 0.717) is 30.0 Å². The molecule has 1 unspecified atom stereocenters. The van der Waals surface area contributed by atoms with Crippen LogP contribution in [0.4, 0.5) is 0 Å². The molecule has 0 aromatic heterocycles. The Morgan fingerprint density at radius 2 is 1.93 bits per heavy atom. The van der Waals surface area contributed by atoms with Crippen LogP contribution in [0, 0.1) is 19.8 Å². The van der Waals surface area contributed by atoms with Gasteiger partial charge < -0.3 is 14.8 Å². The van der Waals surface area contributed by atoms with E-state index in [4.69, 9.17) is 9.47 Å². The molecule has 2 aromatic rings. The van der Waals surface area contributed by atoms with Gasteiger partial charge in [0.15, 0.2) is 11.5 Å². The summed E-state index contributed by atoms with van der Waals surface area (Å²) < 4.78 is 10.5. The van der Waals surface area contributed by atoms with Crippen molar-refractivity contribution in [1.82, 2.24) is 5.32 Å². The first-order valence-corrected chi connectivity index (χ1v) is 9.16. The molecule has 0 saturated heterocycles. The molecule has 6 nitrogen and oxygen atoms in total. The zero-order valence-corrected chi connectivity index (χ0v) is 16.5. The Bertz CT molecular complexity index is 1040. The fraction of sp³-hybridized carbons (Fsp3) is 0.318. The van der Waals surface area contributed by atoms with Gasteiger partial charge in [0.2, 0.25) is 0 Å². The average molecular weight is 380 g/mol. The molecule has 0 bridgehead atoms. The molecule has 0 fully saturated rings. The lowest BCUT2D eigenvalue weighted by Crippen LogP contribution is -2.37. The molecule has 3 rings (SSSR count). The molecule has 0 radical (unpaired) electrons. The van der Waals surface area contributed by atoms with E-state index in [1.165, 1.54) is 14.2 Å². The van der Waals surface area contributed by atoms with E-state index in [-0.39, 0.29) is 17.7 Å². The van der Waals surface area contributed by atoms with E-state index in [1.54, 1.807) is 18.2 Å². The lowest BCUT2D eigenvalue weighted by Gasteiger charge is -2.15. The van der Waals surface area contributed by atoms with Crippen LogP contribution in [0.1, 0.15) is 27.9 Å². The zero-order valence-electron chi connectivity index (χ0n) is 16.5. The minimum atomic E-state index is -0.345. The number of aryl methyl sites for hydroxylation is 1. The van der Waals surface area contributed by atoms with Crippen molar-refractivity contribution in [3.05, 3.63) is 57.6 Å². The summed E-state index contributed by atoms with van der Waals surface area (Å²) >= 11 is 0. The SMILES string of the molecule is COc1cccc(C(=O)NCCC2C=c3ccc(C)c(C)c3=NC2=O)c1OC. The minimum absolute atomic E-state index is 0.172. The summed E-state index contributed by atoms with van der Waals surface area (Å²) in [4.78, 5) is 29.2. The molecule has 2 amide bonds. The van der Waals surface area contributed by atoms with E-state index >= 15 is 0 Å². The maximum Gasteiger partial charge on any atom is 0.255 e. The topological polar surface area (TPSA) is 77.0 Å². The third-order valence-corrected chi connectivity index (χ3v) is 5.04. The summed E-state index contributed by atoms with van der Waals surface area (Å²) in [7, 11) is 3.02. The molecular formula is C22H24N2O4. The second-order valence-corrected chi connectivity index (χ2v) is 6.75. The van der Waals surface area contributed by atoms with Crippen LogP contribution in [0.15, 0.2) is 35.3 Å². The van der Waals surface area contributed by atoms with Crippen LogP contribution in [0.5, 0.6) is 11.5 Å². The van der Waals surface area contributed by atoms with Crippen LogP contribution in [0.25, 0.3) is 6.08 Å². The largest absolute Gasteiger partial charge is 0.493 e. The number of ether oxygens (including phenoxy) is 2. The molecule has 0 saturated carbocycles. The third kappa shape index (κ3) is 3.76. The van der Waals surface area contributed by atoms with Crippen molar-refractivity contribution in [3.8, 4) is 11.5 Å². The Kier molecular flexibility index (Phi) is 5.78. The van der Waals surface area contributed by atoms with E-state index in [9.17, 15) is 9.59 Å². The predicted octanol–water partition coefficient (Wildman–Crippen LogP) is 1.70. The van der Waals surface area contributed by atoms with Crippen LogP contribution in [0.3, 0.4) is 0 Å². The molecule has 6 heteroatoms. The number of nitrogens with one attached hydrogen (secondary N) is 1. The maximum atomic E-state index is 12.5. The number of nitrogens with zero attached hydrogens (tertiary/aromatic N) is 1. The van der Waals surface area contributed by atoms with Gasteiger partial charge in [0.05, 0.1) is 31.1 Å². The smallest absolute Gasteiger partial charge is 0.255 e. The lowest BCUT2D eigenvalue weighted by atomic mass is 9.98. The van der Waals surface area contributed by atoms with E-state index in [0.717, 1.165) is 21.7 Å². The molecule has 0 spiro atoms. The van der Waals surface area contributed by atoms with Crippen LogP contribution in [-0.4, -0.2) is 32.6 Å². The highest BCUT2D eigenvalue weighted by atomic mass is 16.5. The number of benzene rings is 2. The Hall–Kier alpha value is -3.15. The summed E-state index contributed by atoms with van der Waals surface area (Å²) in [5, 5.41) is 4.57. The van der Waals surface area contributed by atoms with Crippen molar-refractivity contribution in [3.63, 3.8) is 0 Å². The number of para-hydroxylation sites is 1. The van der Waals surface area contributed by atoms with Gasteiger partial charge in [-0.05, 0) is 48.7 Å². The molecular weight excluding hydrogens is 356 g/mol. The number of carbonyl (C=O) groups excluding carboxylic acids is 2. The van der Waals surface area contributed by atoms with Crippen LogP contribution >= 0.6 is 0 Å². The van der Waals surface area contributed by atoms with Crippen molar-refractivity contribution in [2.24, 2.45) is 10.9 Å². The number of methoxy groups -OCH3 is 2. The van der Waals surface area contributed by atoms with Gasteiger partial charge in [-0.15, -0.1) is 0 Å². The second-order valence-electron chi connectivity index (χ2n) is 6.75. The number of fused-ring (bicyclic) bond motifs is 1. The molecule has 146 valence electrons. The van der Waals surface area contributed by atoms with Gasteiger partial charge in [-0.2, -0.15) is 0 Å². The first-order chi connectivity index (χ1) is 13.5. The summed E-state index contributed by atoms with van der Waals surface area (Å²) in [6.07, 6.45) is 2.42. The highest BCUT2D eigenvalue weighted by Crippen LogP contribution is 2.30. The maximum absolute atomic E-state index is 12.5. The first kappa shape index (κ1) is 19.6.